The standard InChI is InChI=1S/C20H22N2O7.C20H24N2O6/c1-19(2,3)29-18(28)22-14(23)8-9-20(17(22)27)10-15(24)21(11-20)13-6-4-12(5-7-13)16(25)26;1-19(2,3)28-18(27)22-15(24)8-9-20(17(22)26)10-16(25)21(12-20)14-6-4-13(11-23)5-7-14/h4-7H,8-11H2,1-3H3,(H,25,26);4-7,23H,8-12H2,1-3H3. The Morgan fingerprint density at radius 1 is 0.614 bits per heavy atom. The number of nitrogens with zero attached hydrogens (tertiary/aromatic N) is 4. The molecule has 17 heteroatoms. The number of carbonyl (C=O) groups is 9. The molecule has 304 valence electrons. The van der Waals surface area contributed by atoms with Crippen molar-refractivity contribution >= 4 is 65.0 Å². The summed E-state index contributed by atoms with van der Waals surface area (Å²) in [6.07, 6.45) is -1.94. The van der Waals surface area contributed by atoms with Crippen LogP contribution in [0.4, 0.5) is 21.0 Å². The van der Waals surface area contributed by atoms with Crippen molar-refractivity contribution in [3.8, 4) is 0 Å². The zero-order valence-electron chi connectivity index (χ0n) is 32.7. The first-order valence-electron chi connectivity index (χ1n) is 18.3. The van der Waals surface area contributed by atoms with Gasteiger partial charge in [0, 0.05) is 50.1 Å². The Labute approximate surface area is 328 Å². The summed E-state index contributed by atoms with van der Waals surface area (Å²) in [4.78, 5) is 116. The van der Waals surface area contributed by atoms with E-state index in [1.54, 1.807) is 65.8 Å². The van der Waals surface area contributed by atoms with E-state index in [2.05, 4.69) is 0 Å². The van der Waals surface area contributed by atoms with Gasteiger partial charge in [0.25, 0.3) is 0 Å². The number of anilines is 2. The molecule has 2 aromatic carbocycles. The number of hydrogen-bond acceptors (Lipinski definition) is 12. The van der Waals surface area contributed by atoms with E-state index in [0.29, 0.717) is 26.7 Å². The number of imide groups is 6. The van der Waals surface area contributed by atoms with Crippen molar-refractivity contribution in [1.29, 1.82) is 0 Å². The fraction of sp³-hybridized carbons (Fsp3) is 0.475. The van der Waals surface area contributed by atoms with Crippen LogP contribution in [0.1, 0.15) is 96.0 Å². The number of carboxylic acids is 1. The summed E-state index contributed by atoms with van der Waals surface area (Å²) in [5.41, 5.74) is -2.23. The van der Waals surface area contributed by atoms with Crippen LogP contribution in [-0.4, -0.2) is 97.9 Å². The van der Waals surface area contributed by atoms with Gasteiger partial charge in [-0.05, 0) is 96.3 Å². The molecule has 2 unspecified atom stereocenters. The second-order valence-corrected chi connectivity index (χ2v) is 16.6. The van der Waals surface area contributed by atoms with Crippen molar-refractivity contribution in [2.45, 2.75) is 97.9 Å². The SMILES string of the molecule is CC(C)(C)OC(=O)N1C(=O)CCC2(CC(=O)N(c3ccc(C(=O)O)cc3)C2)C1=O.CC(C)(C)OC(=O)N1C(=O)CCC2(CC(=O)N(c3ccc(CO)cc3)C2)C1=O. The number of carbonyl (C=O) groups excluding carboxylic acids is 8. The molecule has 2 spiro atoms. The summed E-state index contributed by atoms with van der Waals surface area (Å²) >= 11 is 0. The van der Waals surface area contributed by atoms with Gasteiger partial charge < -0.3 is 29.5 Å². The summed E-state index contributed by atoms with van der Waals surface area (Å²) < 4.78 is 10.4. The van der Waals surface area contributed by atoms with E-state index in [4.69, 9.17) is 19.7 Å². The van der Waals surface area contributed by atoms with Crippen LogP contribution in [0, 0.1) is 10.8 Å². The summed E-state index contributed by atoms with van der Waals surface area (Å²) in [5.74, 6) is -4.34. The Bertz CT molecular complexity index is 2020. The lowest BCUT2D eigenvalue weighted by Gasteiger charge is -2.36. The van der Waals surface area contributed by atoms with Gasteiger partial charge >= 0.3 is 18.2 Å². The molecule has 4 saturated heterocycles. The van der Waals surface area contributed by atoms with Gasteiger partial charge in [-0.3, -0.25) is 28.8 Å². The van der Waals surface area contributed by atoms with E-state index in [9.17, 15) is 43.2 Å². The number of carboxylic acid groups (broad SMARTS) is 1. The van der Waals surface area contributed by atoms with Crippen LogP contribution < -0.4 is 9.80 Å². The topological polar surface area (TPSA) is 226 Å². The zero-order valence-corrected chi connectivity index (χ0v) is 32.7. The highest BCUT2D eigenvalue weighted by Crippen LogP contribution is 2.44. The molecule has 2 aromatic rings. The minimum absolute atomic E-state index is 0.00363. The van der Waals surface area contributed by atoms with Crippen molar-refractivity contribution in [3.63, 3.8) is 0 Å². The number of aliphatic hydroxyl groups excluding tert-OH is 1. The molecule has 8 amide bonds. The maximum atomic E-state index is 13.1. The van der Waals surface area contributed by atoms with Crippen LogP contribution in [0.5, 0.6) is 0 Å². The first-order valence-corrected chi connectivity index (χ1v) is 18.3. The molecule has 57 heavy (non-hydrogen) atoms. The quantitative estimate of drug-likeness (QED) is 0.415. The van der Waals surface area contributed by atoms with E-state index in [0.717, 1.165) is 0 Å². The van der Waals surface area contributed by atoms with Crippen LogP contribution >= 0.6 is 0 Å². The molecule has 0 bridgehead atoms. The van der Waals surface area contributed by atoms with Crippen LogP contribution in [-0.2, 0) is 44.8 Å². The van der Waals surface area contributed by atoms with Crippen molar-refractivity contribution in [2.24, 2.45) is 10.8 Å². The van der Waals surface area contributed by atoms with E-state index >= 15 is 0 Å². The third kappa shape index (κ3) is 8.88. The second kappa shape index (κ2) is 15.5. The van der Waals surface area contributed by atoms with Gasteiger partial charge in [-0.2, -0.15) is 9.80 Å². The van der Waals surface area contributed by atoms with E-state index < -0.39 is 63.8 Å². The Balaban J connectivity index is 0.000000218. The third-order valence-electron chi connectivity index (χ3n) is 9.96. The van der Waals surface area contributed by atoms with E-state index in [-0.39, 0.29) is 75.6 Å². The fourth-order valence-corrected chi connectivity index (χ4v) is 7.14. The summed E-state index contributed by atoms with van der Waals surface area (Å²) in [6, 6.07) is 12.5. The average Bonchev–Trinajstić information content (AvgIpc) is 3.64. The fourth-order valence-electron chi connectivity index (χ4n) is 7.14. The number of benzene rings is 2. The predicted molar refractivity (Wildman–Crippen MR) is 199 cm³/mol. The van der Waals surface area contributed by atoms with Gasteiger partial charge in [0.05, 0.1) is 23.0 Å². The minimum atomic E-state index is -1.20. The zero-order chi connectivity index (χ0) is 42.2. The highest BCUT2D eigenvalue weighted by atomic mass is 16.6. The number of aliphatic hydroxyl groups is 1. The number of aromatic carboxylic acids is 1. The third-order valence-corrected chi connectivity index (χ3v) is 9.96. The van der Waals surface area contributed by atoms with Gasteiger partial charge in [-0.15, -0.1) is 0 Å². The number of likely N-dealkylation sites (tertiary alicyclic amines) is 2. The lowest BCUT2D eigenvalue weighted by atomic mass is 9.78. The van der Waals surface area contributed by atoms with Crippen LogP contribution in [0.25, 0.3) is 0 Å². The van der Waals surface area contributed by atoms with Gasteiger partial charge in [-0.25, -0.2) is 14.4 Å². The van der Waals surface area contributed by atoms with Gasteiger partial charge in [0.1, 0.15) is 11.2 Å². The molecular weight excluding hydrogens is 744 g/mol. The number of hydrogen-bond donors (Lipinski definition) is 2. The smallest absolute Gasteiger partial charge is 0.424 e. The minimum Gasteiger partial charge on any atom is -0.478 e. The molecule has 2 atom stereocenters. The Morgan fingerprint density at radius 3 is 1.32 bits per heavy atom. The van der Waals surface area contributed by atoms with Crippen molar-refractivity contribution in [3.05, 3.63) is 59.7 Å². The molecule has 0 saturated carbocycles. The highest BCUT2D eigenvalue weighted by Gasteiger charge is 2.58. The molecular formula is C40H46N4O13. The van der Waals surface area contributed by atoms with E-state index in [1.807, 2.05) is 0 Å². The molecule has 0 aliphatic carbocycles. The molecule has 4 aliphatic heterocycles. The Morgan fingerprint density at radius 2 is 0.982 bits per heavy atom. The molecule has 0 radical (unpaired) electrons. The summed E-state index contributed by atoms with van der Waals surface area (Å²) in [6.45, 7) is 9.82. The van der Waals surface area contributed by atoms with E-state index in [1.165, 1.54) is 34.1 Å². The summed E-state index contributed by atoms with van der Waals surface area (Å²) in [7, 11) is 0. The van der Waals surface area contributed by atoms with Gasteiger partial charge in [0.2, 0.25) is 35.4 Å². The monoisotopic (exact) mass is 790 g/mol. The lowest BCUT2D eigenvalue weighted by Crippen LogP contribution is -2.55. The van der Waals surface area contributed by atoms with Crippen molar-refractivity contribution < 1.29 is 62.8 Å². The average molecular weight is 791 g/mol. The number of amides is 8. The second-order valence-electron chi connectivity index (χ2n) is 16.6. The number of piperidine rings is 2. The normalized spacial score (nSPS) is 22.6. The van der Waals surface area contributed by atoms with Crippen molar-refractivity contribution in [1.82, 2.24) is 9.80 Å². The molecule has 6 rings (SSSR count). The Hall–Kier alpha value is -5.97. The van der Waals surface area contributed by atoms with Gasteiger partial charge in [-0.1, -0.05) is 12.1 Å². The molecule has 0 aromatic heterocycles. The largest absolute Gasteiger partial charge is 0.478 e. The van der Waals surface area contributed by atoms with Crippen LogP contribution in [0.15, 0.2) is 48.5 Å². The van der Waals surface area contributed by atoms with Gasteiger partial charge in [0.15, 0.2) is 0 Å². The molecule has 17 nitrogen and oxygen atoms in total. The first-order chi connectivity index (χ1) is 26.5. The van der Waals surface area contributed by atoms with Crippen LogP contribution in [0.3, 0.4) is 0 Å². The maximum absolute atomic E-state index is 13.1. The summed E-state index contributed by atoms with van der Waals surface area (Å²) in [5, 5.41) is 18.2. The lowest BCUT2D eigenvalue weighted by molar-refractivity contribution is -0.157. The van der Waals surface area contributed by atoms with Crippen LogP contribution in [0.2, 0.25) is 0 Å². The van der Waals surface area contributed by atoms with Crippen molar-refractivity contribution in [2.75, 3.05) is 22.9 Å². The maximum Gasteiger partial charge on any atom is 0.424 e. The predicted octanol–water partition coefficient (Wildman–Crippen LogP) is 4.18. The number of rotatable bonds is 4. The molecule has 2 N–H and O–H groups in total. The highest BCUT2D eigenvalue weighted by molar-refractivity contribution is 6.16. The molecule has 4 aliphatic rings. The molecule has 4 heterocycles. The first kappa shape index (κ1) is 42.2. The number of ether oxygens (including phenoxy) is 2. The molecule has 4 fully saturated rings. The Kier molecular flexibility index (Phi) is 11.5.